The zero-order valence-corrected chi connectivity index (χ0v) is 31.6. The summed E-state index contributed by atoms with van der Waals surface area (Å²) in [4.78, 5) is 0. The van der Waals surface area contributed by atoms with Gasteiger partial charge >= 0.3 is 58.4 Å². The molecule has 2 unspecified atom stereocenters. The van der Waals surface area contributed by atoms with Crippen molar-refractivity contribution in [1.82, 2.24) is 0 Å². The summed E-state index contributed by atoms with van der Waals surface area (Å²) in [6.07, 6.45) is -14.9. The fourth-order valence-electron chi connectivity index (χ4n) is 4.28. The van der Waals surface area contributed by atoms with Gasteiger partial charge in [0.2, 0.25) is 0 Å². The second-order valence-electron chi connectivity index (χ2n) is 13.2. The first-order valence-electron chi connectivity index (χ1n) is 12.8. The number of halogens is 10. The third-order valence-corrected chi connectivity index (χ3v) is 27.1. The summed E-state index contributed by atoms with van der Waals surface area (Å²) >= 11 is 0. The van der Waals surface area contributed by atoms with Crippen LogP contribution in [0.1, 0.15) is 12.8 Å². The molecule has 21 heteroatoms. The number of alkyl halides is 10. The van der Waals surface area contributed by atoms with Crippen molar-refractivity contribution in [1.29, 1.82) is 0 Å². The molecule has 0 fully saturated rings. The van der Waals surface area contributed by atoms with Gasteiger partial charge < -0.3 is 20.6 Å². The molecule has 0 aliphatic heterocycles. The second kappa shape index (κ2) is 13.0. The molecular weight excluding hydrogens is 679 g/mol. The molecule has 0 heterocycles. The van der Waals surface area contributed by atoms with Crippen LogP contribution in [0.4, 0.5) is 43.9 Å². The van der Waals surface area contributed by atoms with Gasteiger partial charge in [-0.1, -0.05) is 0 Å². The lowest BCUT2D eigenvalue weighted by Gasteiger charge is -2.45. The topological polar surface area (TPSA) is 46.2 Å². The van der Waals surface area contributed by atoms with Crippen LogP contribution in [-0.2, 0) is 20.6 Å². The Kier molecular flexibility index (Phi) is 13.1. The molecule has 0 N–H and O–H groups in total. The van der Waals surface area contributed by atoms with Crippen molar-refractivity contribution in [2.45, 2.75) is 128 Å². The molecule has 0 rings (SSSR count). The highest BCUT2D eigenvalue weighted by molar-refractivity contribution is 6.91. The van der Waals surface area contributed by atoms with Crippen LogP contribution < -0.4 is 0 Å². The number of rotatable bonds is 16. The van der Waals surface area contributed by atoms with Gasteiger partial charge in [-0.05, 0) is 90.7 Å². The van der Waals surface area contributed by atoms with Gasteiger partial charge in [0.05, 0.1) is 0 Å². The Morgan fingerprint density at radius 3 is 0.878 bits per heavy atom. The lowest BCUT2D eigenvalue weighted by molar-refractivity contribution is -0.283. The third-order valence-electron chi connectivity index (χ3n) is 5.07. The van der Waals surface area contributed by atoms with Crippen molar-refractivity contribution in [3.8, 4) is 0 Å². The Morgan fingerprint density at radius 1 is 0.390 bits per heavy atom. The fraction of sp³-hybridized carbons (Fsp3) is 1.00. The largest absolute Gasteiger partial charge is 0.453 e. The normalized spacial score (nSPS) is 18.3. The lowest BCUT2D eigenvalue weighted by atomic mass is 10.2. The van der Waals surface area contributed by atoms with E-state index in [0.717, 1.165) is 0 Å². The molecule has 0 aromatic carbocycles. The van der Waals surface area contributed by atoms with E-state index in [4.69, 9.17) is 20.6 Å². The predicted molar refractivity (Wildman–Crippen MR) is 151 cm³/mol. The molecule has 0 saturated heterocycles. The van der Waals surface area contributed by atoms with Gasteiger partial charge in [-0.3, -0.25) is 0 Å². The minimum atomic E-state index is -5.81. The maximum absolute atomic E-state index is 13.9. The van der Waals surface area contributed by atoms with Crippen LogP contribution in [0.25, 0.3) is 0 Å². The lowest BCUT2D eigenvalue weighted by Crippen LogP contribution is -2.61. The van der Waals surface area contributed by atoms with E-state index in [1.165, 1.54) is 26.2 Å². The highest BCUT2D eigenvalue weighted by Crippen LogP contribution is 2.43. The fourth-order valence-corrected chi connectivity index (χ4v) is 33.2. The molecule has 0 saturated carbocycles. The molecule has 0 amide bonds. The quantitative estimate of drug-likeness (QED) is 0.117. The predicted octanol–water partition coefficient (Wildman–Crippen LogP) is 9.46. The van der Waals surface area contributed by atoms with E-state index in [-0.39, 0.29) is 0 Å². The molecule has 248 valence electrons. The van der Waals surface area contributed by atoms with Crippen molar-refractivity contribution < 1.29 is 64.5 Å². The molecule has 2 atom stereocenters. The Bertz CT molecular complexity index is 862. The monoisotopic (exact) mass is 722 g/mol. The molecule has 0 aliphatic rings. The van der Waals surface area contributed by atoms with E-state index in [1.807, 2.05) is 19.6 Å². The molecule has 0 aliphatic carbocycles. The third kappa shape index (κ3) is 15.3. The summed E-state index contributed by atoms with van der Waals surface area (Å²) in [5, 5.41) is 0. The van der Waals surface area contributed by atoms with E-state index < -0.39 is 100 Å². The first-order valence-corrected chi connectivity index (χ1v) is 30.3. The van der Waals surface area contributed by atoms with Crippen molar-refractivity contribution in [3.05, 3.63) is 0 Å². The van der Waals surface area contributed by atoms with Crippen molar-refractivity contribution in [2.24, 2.45) is 0 Å². The highest BCUT2D eigenvalue weighted by atomic mass is 28.5. The van der Waals surface area contributed by atoms with Crippen LogP contribution in [0, 0.1) is 0 Å². The Hall–Kier alpha value is 0.401. The molecule has 41 heavy (non-hydrogen) atoms. The van der Waals surface area contributed by atoms with Gasteiger partial charge in [0.1, 0.15) is 0 Å². The first-order chi connectivity index (χ1) is 17.4. The van der Waals surface area contributed by atoms with Gasteiger partial charge in [0.25, 0.3) is 0 Å². The molecule has 0 bridgehead atoms. The van der Waals surface area contributed by atoms with Crippen LogP contribution in [0.2, 0.25) is 90.7 Å². The first kappa shape index (κ1) is 41.4. The summed E-state index contributed by atoms with van der Waals surface area (Å²) in [7, 11) is -19.6. The van der Waals surface area contributed by atoms with E-state index in [2.05, 4.69) is 0 Å². The van der Waals surface area contributed by atoms with Gasteiger partial charge in [-0.15, -0.1) is 0 Å². The van der Waals surface area contributed by atoms with Gasteiger partial charge in [0, 0.05) is 12.8 Å². The number of hydrogen-bond acceptors (Lipinski definition) is 5. The molecule has 0 aromatic rings. The van der Waals surface area contributed by atoms with Gasteiger partial charge in [-0.25, -0.2) is 0 Å². The van der Waals surface area contributed by atoms with Crippen molar-refractivity contribution >= 4 is 50.9 Å². The maximum atomic E-state index is 13.9. The standard InChI is InChI=1S/C20H44F10O5Si6/c1-36(2,3)31-38(7,8)33-41(12,16-14-18(23,24)20(28,29)30)35-39(9,10)34-40(11,32-37(4,5)6)15-13-17(21,22)19(25,26)27/h13-16H2,1-12H3. The minimum Gasteiger partial charge on any atom is -0.437 e. The van der Waals surface area contributed by atoms with Crippen LogP contribution in [0.3, 0.4) is 0 Å². The Balaban J connectivity index is 6.37. The van der Waals surface area contributed by atoms with E-state index in [9.17, 15) is 43.9 Å². The summed E-state index contributed by atoms with van der Waals surface area (Å²) in [5.41, 5.74) is 0. The Labute approximate surface area is 242 Å². The average molecular weight is 723 g/mol. The summed E-state index contributed by atoms with van der Waals surface area (Å²) < 4.78 is 164. The molecule has 0 radical (unpaired) electrons. The molecule has 0 spiro atoms. The minimum absolute atomic E-state index is 0.770. The zero-order valence-electron chi connectivity index (χ0n) is 25.6. The van der Waals surface area contributed by atoms with Crippen molar-refractivity contribution in [3.63, 3.8) is 0 Å². The average Bonchev–Trinajstić information content (AvgIpc) is 2.57. The van der Waals surface area contributed by atoms with E-state index in [0.29, 0.717) is 0 Å². The highest BCUT2D eigenvalue weighted by Gasteiger charge is 2.60. The second-order valence-corrected chi connectivity index (χ2v) is 36.9. The van der Waals surface area contributed by atoms with Crippen LogP contribution in [-0.4, -0.2) is 75.1 Å². The van der Waals surface area contributed by atoms with Gasteiger partial charge in [-0.2, -0.15) is 43.9 Å². The molecule has 5 nitrogen and oxygen atoms in total. The van der Waals surface area contributed by atoms with Crippen molar-refractivity contribution in [2.75, 3.05) is 0 Å². The van der Waals surface area contributed by atoms with E-state index >= 15 is 0 Å². The van der Waals surface area contributed by atoms with Gasteiger partial charge in [0.15, 0.2) is 16.6 Å². The number of hydrogen-bond donors (Lipinski definition) is 0. The maximum Gasteiger partial charge on any atom is 0.453 e. The molecular formula is C20H44F10O5Si6. The zero-order chi connectivity index (χ0) is 33.4. The summed E-state index contributed by atoms with van der Waals surface area (Å²) in [5.74, 6) is -10.1. The van der Waals surface area contributed by atoms with Crippen LogP contribution >= 0.6 is 0 Å². The Morgan fingerprint density at radius 2 is 0.634 bits per heavy atom. The van der Waals surface area contributed by atoms with Crippen LogP contribution in [0.15, 0.2) is 0 Å². The summed E-state index contributed by atoms with van der Waals surface area (Å²) in [6.45, 7) is 19.2. The summed E-state index contributed by atoms with van der Waals surface area (Å²) in [6, 6.07) is -1.59. The molecule has 0 aromatic heterocycles. The van der Waals surface area contributed by atoms with Crippen LogP contribution in [0.5, 0.6) is 0 Å². The SMILES string of the molecule is C[Si](C)(C)O[Si](C)(C)O[Si](C)(CCC(F)(F)C(F)(F)F)O[Si](C)(C)O[Si](C)(CCC(F)(F)C(F)(F)F)O[Si](C)(C)C. The van der Waals surface area contributed by atoms with E-state index in [1.54, 1.807) is 32.7 Å². The smallest absolute Gasteiger partial charge is 0.437 e.